The number of nitrogens with one attached hydrogen (secondary N) is 1. The molecule has 1 N–H and O–H groups in total. The van der Waals surface area contributed by atoms with Crippen LogP contribution in [0, 0.1) is 5.92 Å². The number of carbonyl (C=O) groups is 2. The van der Waals surface area contributed by atoms with Crippen LogP contribution in [-0.2, 0) is 9.53 Å². The molecule has 1 fully saturated rings. The summed E-state index contributed by atoms with van der Waals surface area (Å²) in [5.74, 6) is 0.187. The van der Waals surface area contributed by atoms with E-state index in [-0.39, 0.29) is 19.0 Å². The Morgan fingerprint density at radius 2 is 1.65 bits per heavy atom. The number of nitrogens with zero attached hydrogens (tertiary/aromatic N) is 1. The minimum Gasteiger partial charge on any atom is -0.454 e. The summed E-state index contributed by atoms with van der Waals surface area (Å²) >= 11 is 6.12. The Hall–Kier alpha value is -2.94. The zero-order valence-electron chi connectivity index (χ0n) is 16.3. The summed E-state index contributed by atoms with van der Waals surface area (Å²) in [6.07, 6.45) is -5.00. The van der Waals surface area contributed by atoms with E-state index in [1.165, 1.54) is 4.90 Å². The maximum Gasteiger partial charge on any atom is 0.422 e. The predicted octanol–water partition coefficient (Wildman–Crippen LogP) is 5.48. The Balaban J connectivity index is 1.56. The zero-order valence-corrected chi connectivity index (χ0v) is 17.1. The number of rotatable bonds is 5. The lowest BCUT2D eigenvalue weighted by Gasteiger charge is -2.30. The molecule has 1 aliphatic heterocycles. The van der Waals surface area contributed by atoms with Gasteiger partial charge in [0.1, 0.15) is 5.75 Å². The highest BCUT2D eigenvalue weighted by Gasteiger charge is 2.33. The second kappa shape index (κ2) is 9.91. The average molecular weight is 457 g/mol. The summed E-state index contributed by atoms with van der Waals surface area (Å²) in [4.78, 5) is 25.6. The molecule has 31 heavy (non-hydrogen) atoms. The maximum absolute atomic E-state index is 12.7. The molecule has 0 spiro atoms. The summed E-state index contributed by atoms with van der Waals surface area (Å²) in [6.45, 7) is -1.37. The van der Waals surface area contributed by atoms with Crippen molar-refractivity contribution in [1.82, 2.24) is 4.90 Å². The molecule has 3 rings (SSSR count). The first-order valence-electron chi connectivity index (χ1n) is 9.53. The van der Waals surface area contributed by atoms with Gasteiger partial charge in [-0.3, -0.25) is 4.79 Å². The van der Waals surface area contributed by atoms with Gasteiger partial charge in [-0.25, -0.2) is 4.79 Å². The lowest BCUT2D eigenvalue weighted by molar-refractivity contribution is -0.162. The van der Waals surface area contributed by atoms with Crippen molar-refractivity contribution in [3.8, 4) is 11.5 Å². The quantitative estimate of drug-likeness (QED) is 0.646. The van der Waals surface area contributed by atoms with Crippen LogP contribution in [-0.4, -0.2) is 42.8 Å². The number of hydrogen-bond donors (Lipinski definition) is 1. The molecule has 1 aliphatic rings. The fourth-order valence-electron chi connectivity index (χ4n) is 3.10. The van der Waals surface area contributed by atoms with E-state index in [2.05, 4.69) is 10.1 Å². The van der Waals surface area contributed by atoms with E-state index >= 15 is 0 Å². The molecule has 0 atom stereocenters. The number of alkyl halides is 3. The van der Waals surface area contributed by atoms with E-state index in [0.717, 1.165) is 0 Å². The number of benzene rings is 2. The second-order valence-electron chi connectivity index (χ2n) is 6.95. The van der Waals surface area contributed by atoms with E-state index in [9.17, 15) is 22.8 Å². The van der Waals surface area contributed by atoms with Gasteiger partial charge in [0.05, 0.1) is 10.7 Å². The predicted molar refractivity (Wildman–Crippen MR) is 108 cm³/mol. The SMILES string of the molecule is O=C(Nc1ccccc1Oc1ccccc1Cl)C1CCN(C(=O)OCC(F)(F)F)CC1. The second-order valence-corrected chi connectivity index (χ2v) is 7.36. The van der Waals surface area contributed by atoms with Crippen LogP contribution in [0.5, 0.6) is 11.5 Å². The first kappa shape index (κ1) is 22.7. The Bertz CT molecular complexity index is 931. The number of piperidine rings is 1. The first-order valence-corrected chi connectivity index (χ1v) is 9.91. The van der Waals surface area contributed by atoms with Gasteiger partial charge in [0.25, 0.3) is 0 Å². The molecule has 0 bridgehead atoms. The molecule has 166 valence electrons. The van der Waals surface area contributed by atoms with E-state index in [1.54, 1.807) is 48.5 Å². The van der Waals surface area contributed by atoms with Gasteiger partial charge < -0.3 is 19.7 Å². The molecular weight excluding hydrogens is 437 g/mol. The summed E-state index contributed by atoms with van der Waals surface area (Å²) in [5, 5.41) is 3.24. The van der Waals surface area contributed by atoms with Crippen molar-refractivity contribution in [2.45, 2.75) is 19.0 Å². The van der Waals surface area contributed by atoms with Gasteiger partial charge in [-0.2, -0.15) is 13.2 Å². The van der Waals surface area contributed by atoms with Gasteiger partial charge in [0.15, 0.2) is 12.4 Å². The van der Waals surface area contributed by atoms with Crippen molar-refractivity contribution < 1.29 is 32.2 Å². The molecule has 2 amide bonds. The highest BCUT2D eigenvalue weighted by Crippen LogP contribution is 2.34. The van der Waals surface area contributed by atoms with Crippen molar-refractivity contribution in [1.29, 1.82) is 0 Å². The summed E-state index contributed by atoms with van der Waals surface area (Å²) in [7, 11) is 0. The molecule has 0 unspecified atom stereocenters. The van der Waals surface area contributed by atoms with Gasteiger partial charge in [-0.1, -0.05) is 35.9 Å². The fraction of sp³-hybridized carbons (Fsp3) is 0.333. The van der Waals surface area contributed by atoms with E-state index < -0.39 is 24.8 Å². The van der Waals surface area contributed by atoms with Crippen LogP contribution in [0.3, 0.4) is 0 Å². The average Bonchev–Trinajstić information content (AvgIpc) is 2.74. The standard InChI is InChI=1S/C21H20ClF3N2O4/c22-15-5-1-3-7-17(15)31-18-8-4-2-6-16(18)26-19(28)14-9-11-27(12-10-14)20(29)30-13-21(23,24)25/h1-8,14H,9-13H2,(H,26,28). The molecule has 1 heterocycles. The van der Waals surface area contributed by atoms with Gasteiger partial charge in [-0.05, 0) is 37.1 Å². The maximum atomic E-state index is 12.7. The van der Waals surface area contributed by atoms with Gasteiger partial charge in [0.2, 0.25) is 5.91 Å². The van der Waals surface area contributed by atoms with E-state index in [0.29, 0.717) is 35.1 Å². The van der Waals surface area contributed by atoms with Gasteiger partial charge in [0, 0.05) is 19.0 Å². The smallest absolute Gasteiger partial charge is 0.422 e. The highest BCUT2D eigenvalue weighted by molar-refractivity contribution is 6.32. The molecule has 6 nitrogen and oxygen atoms in total. The molecule has 10 heteroatoms. The number of halogens is 4. The number of carbonyl (C=O) groups excluding carboxylic acids is 2. The van der Waals surface area contributed by atoms with Crippen LogP contribution in [0.1, 0.15) is 12.8 Å². The molecule has 2 aromatic carbocycles. The monoisotopic (exact) mass is 456 g/mol. The Morgan fingerprint density at radius 3 is 2.29 bits per heavy atom. The zero-order chi connectivity index (χ0) is 22.4. The number of likely N-dealkylation sites (tertiary alicyclic amines) is 1. The largest absolute Gasteiger partial charge is 0.454 e. The van der Waals surface area contributed by atoms with Gasteiger partial charge in [-0.15, -0.1) is 0 Å². The van der Waals surface area contributed by atoms with Crippen LogP contribution in [0.25, 0.3) is 0 Å². The molecule has 0 radical (unpaired) electrons. The summed E-state index contributed by atoms with van der Waals surface area (Å²) in [6, 6.07) is 13.8. The third-order valence-corrected chi connectivity index (χ3v) is 5.00. The van der Waals surface area contributed by atoms with E-state index in [4.69, 9.17) is 16.3 Å². The highest BCUT2D eigenvalue weighted by atomic mass is 35.5. The Kier molecular flexibility index (Phi) is 7.27. The first-order chi connectivity index (χ1) is 14.7. The van der Waals surface area contributed by atoms with Crippen LogP contribution < -0.4 is 10.1 Å². The summed E-state index contributed by atoms with van der Waals surface area (Å²) < 4.78 is 46.6. The van der Waals surface area contributed by atoms with Crippen molar-refractivity contribution >= 4 is 29.3 Å². The normalized spacial score (nSPS) is 14.8. The minimum atomic E-state index is -4.58. The Labute approximate surface area is 181 Å². The number of para-hydroxylation sites is 3. The number of ether oxygens (including phenoxy) is 2. The number of hydrogen-bond acceptors (Lipinski definition) is 4. The number of amides is 2. The molecule has 1 saturated heterocycles. The fourth-order valence-corrected chi connectivity index (χ4v) is 3.27. The van der Waals surface area contributed by atoms with Crippen LogP contribution in [0.4, 0.5) is 23.7 Å². The third-order valence-electron chi connectivity index (χ3n) is 4.68. The topological polar surface area (TPSA) is 67.9 Å². The molecule has 0 aromatic heterocycles. The van der Waals surface area contributed by atoms with Crippen molar-refractivity contribution in [3.63, 3.8) is 0 Å². The minimum absolute atomic E-state index is 0.131. The molecule has 0 saturated carbocycles. The molecule has 0 aliphatic carbocycles. The summed E-state index contributed by atoms with van der Waals surface area (Å²) in [5.41, 5.74) is 0.458. The van der Waals surface area contributed by atoms with E-state index in [1.807, 2.05) is 0 Å². The van der Waals surface area contributed by atoms with Crippen molar-refractivity contribution in [3.05, 3.63) is 53.6 Å². The lowest BCUT2D eigenvalue weighted by atomic mass is 9.96. The molecule has 2 aromatic rings. The van der Waals surface area contributed by atoms with Crippen LogP contribution >= 0.6 is 11.6 Å². The van der Waals surface area contributed by atoms with Crippen LogP contribution in [0.15, 0.2) is 48.5 Å². The Morgan fingerprint density at radius 1 is 1.03 bits per heavy atom. The molecular formula is C21H20ClF3N2O4. The number of anilines is 1. The van der Waals surface area contributed by atoms with Crippen molar-refractivity contribution in [2.75, 3.05) is 25.0 Å². The van der Waals surface area contributed by atoms with Gasteiger partial charge >= 0.3 is 12.3 Å². The third kappa shape index (κ3) is 6.52. The lowest BCUT2D eigenvalue weighted by Crippen LogP contribution is -2.42. The van der Waals surface area contributed by atoms with Crippen molar-refractivity contribution in [2.24, 2.45) is 5.92 Å². The van der Waals surface area contributed by atoms with Crippen LogP contribution in [0.2, 0.25) is 5.02 Å².